The molecule has 0 amide bonds. The second-order valence-corrected chi connectivity index (χ2v) is 6.85. The molecule has 0 atom stereocenters. The van der Waals surface area contributed by atoms with Gasteiger partial charge < -0.3 is 11.1 Å². The normalized spacial score (nSPS) is 9.93. The lowest BCUT2D eigenvalue weighted by Gasteiger charge is -2.10. The van der Waals surface area contributed by atoms with Gasteiger partial charge in [-0.2, -0.15) is 17.0 Å². The van der Waals surface area contributed by atoms with E-state index in [0.29, 0.717) is 16.8 Å². The number of rotatable bonds is 5. The van der Waals surface area contributed by atoms with E-state index in [4.69, 9.17) is 16.9 Å². The van der Waals surface area contributed by atoms with Gasteiger partial charge in [0.05, 0.1) is 6.20 Å². The lowest BCUT2D eigenvalue weighted by Crippen LogP contribution is -2.02. The van der Waals surface area contributed by atoms with Crippen LogP contribution >= 0.6 is 23.4 Å². The molecule has 3 aromatic rings. The van der Waals surface area contributed by atoms with Crippen LogP contribution in [0.4, 0.5) is 24.8 Å². The summed E-state index contributed by atoms with van der Waals surface area (Å²) in [6, 6.07) is 8.24. The molecule has 0 aliphatic carbocycles. The summed E-state index contributed by atoms with van der Waals surface area (Å²) in [7, 11) is 0. The maximum atomic E-state index is 14.1. The van der Waals surface area contributed by atoms with Crippen molar-refractivity contribution in [1.82, 2.24) is 9.97 Å². The van der Waals surface area contributed by atoms with E-state index in [1.807, 2.05) is 18.4 Å². The molecule has 0 bridgehead atoms. The molecule has 3 rings (SSSR count). The van der Waals surface area contributed by atoms with E-state index in [1.165, 1.54) is 6.19 Å². The van der Waals surface area contributed by atoms with Crippen LogP contribution in [0, 0.1) is 28.9 Å². The maximum Gasteiger partial charge on any atom is 0.227 e. The Balaban J connectivity index is 0.000000941. The average Bonchev–Trinajstić information content (AvgIpc) is 2.64. The van der Waals surface area contributed by atoms with E-state index < -0.39 is 17.5 Å². The molecule has 0 aliphatic heterocycles. The van der Waals surface area contributed by atoms with Crippen molar-refractivity contribution in [3.05, 3.63) is 70.6 Å². The predicted octanol–water partition coefficient (Wildman–Crippen LogP) is 5.25. The number of halogens is 4. The molecule has 150 valence electrons. The van der Waals surface area contributed by atoms with Crippen LogP contribution in [0.3, 0.4) is 0 Å². The summed E-state index contributed by atoms with van der Waals surface area (Å²) in [6.07, 6.45) is 4.15. The molecule has 1 heterocycles. The number of hydrogen-bond acceptors (Lipinski definition) is 6. The number of nitrogens with two attached hydrogens (primary N) is 1. The lowest BCUT2D eigenvalue weighted by molar-refractivity contribution is 0.580. The Labute approximate surface area is 174 Å². The molecule has 1 aromatic heterocycles. The average molecular weight is 438 g/mol. The van der Waals surface area contributed by atoms with Crippen molar-refractivity contribution in [1.29, 1.82) is 5.26 Å². The standard InChI is InChI=1S/C18H13ClF3N3S.CH2N2/c1-26-9-10-4-11(19)6-13(5-10)24-18-23-8-16(22)17(25-18)14-3-2-12(20)7-15(14)21;2-1-3/h2-8H,9H2,1H3,(H,23,24,25);2H2. The number of aromatic nitrogens is 2. The van der Waals surface area contributed by atoms with E-state index >= 15 is 0 Å². The number of hydrogen-bond donors (Lipinski definition) is 2. The Morgan fingerprint density at radius 2 is 1.90 bits per heavy atom. The first-order chi connectivity index (χ1) is 13.9. The molecule has 0 radical (unpaired) electrons. The lowest BCUT2D eigenvalue weighted by atomic mass is 10.1. The fourth-order valence-corrected chi connectivity index (χ4v) is 3.16. The van der Waals surface area contributed by atoms with Gasteiger partial charge in [0.15, 0.2) is 12.0 Å². The van der Waals surface area contributed by atoms with Crippen LogP contribution in [0.25, 0.3) is 11.3 Å². The van der Waals surface area contributed by atoms with E-state index in [-0.39, 0.29) is 17.2 Å². The highest BCUT2D eigenvalue weighted by Crippen LogP contribution is 2.27. The fourth-order valence-electron chi connectivity index (χ4n) is 2.40. The molecule has 0 saturated carbocycles. The first kappa shape index (κ1) is 22.3. The SMILES string of the molecule is CSCc1cc(Cl)cc(Nc2ncc(F)c(-c3ccc(F)cc3F)n2)c1.N#CN. The Bertz CT molecular complexity index is 1040. The zero-order valence-corrected chi connectivity index (χ0v) is 16.7. The molecule has 10 heteroatoms. The highest BCUT2D eigenvalue weighted by atomic mass is 35.5. The third kappa shape index (κ3) is 6.27. The van der Waals surface area contributed by atoms with Gasteiger partial charge in [-0.05, 0) is 42.2 Å². The number of benzene rings is 2. The largest absolute Gasteiger partial charge is 0.337 e. The van der Waals surface area contributed by atoms with Crippen molar-refractivity contribution in [3.8, 4) is 17.5 Å². The third-order valence-electron chi connectivity index (χ3n) is 3.46. The summed E-state index contributed by atoms with van der Waals surface area (Å²) in [5, 5.41) is 10.6. The minimum Gasteiger partial charge on any atom is -0.337 e. The van der Waals surface area contributed by atoms with Crippen molar-refractivity contribution >= 4 is 35.0 Å². The van der Waals surface area contributed by atoms with E-state index in [2.05, 4.69) is 21.0 Å². The van der Waals surface area contributed by atoms with Crippen LogP contribution in [0.1, 0.15) is 5.56 Å². The molecule has 0 unspecified atom stereocenters. The summed E-state index contributed by atoms with van der Waals surface area (Å²) < 4.78 is 41.1. The van der Waals surface area contributed by atoms with Crippen molar-refractivity contribution in [3.63, 3.8) is 0 Å². The van der Waals surface area contributed by atoms with Crippen LogP contribution in [-0.2, 0) is 5.75 Å². The zero-order valence-electron chi connectivity index (χ0n) is 15.1. The number of nitrogens with one attached hydrogen (secondary N) is 1. The topological polar surface area (TPSA) is 87.6 Å². The Morgan fingerprint density at radius 1 is 1.17 bits per heavy atom. The maximum absolute atomic E-state index is 14.1. The molecule has 0 saturated heterocycles. The van der Waals surface area contributed by atoms with E-state index in [1.54, 1.807) is 17.8 Å². The van der Waals surface area contributed by atoms with Crippen LogP contribution in [0.2, 0.25) is 5.02 Å². The second-order valence-electron chi connectivity index (χ2n) is 5.55. The summed E-state index contributed by atoms with van der Waals surface area (Å²) in [6.45, 7) is 0. The number of nitrogens with zero attached hydrogens (tertiary/aromatic N) is 3. The monoisotopic (exact) mass is 437 g/mol. The summed E-state index contributed by atoms with van der Waals surface area (Å²) >= 11 is 7.75. The first-order valence-electron chi connectivity index (χ1n) is 8.01. The minimum atomic E-state index is -0.904. The molecule has 2 aromatic carbocycles. The van der Waals surface area contributed by atoms with Gasteiger partial charge in [0, 0.05) is 28.1 Å². The fraction of sp³-hybridized carbons (Fsp3) is 0.105. The smallest absolute Gasteiger partial charge is 0.227 e. The molecule has 5 nitrogen and oxygen atoms in total. The molecule has 0 aliphatic rings. The molecular weight excluding hydrogens is 423 g/mol. The number of anilines is 2. The Hall–Kier alpha value is -2.96. The summed E-state index contributed by atoms with van der Waals surface area (Å²) in [4.78, 5) is 7.90. The quantitative estimate of drug-likeness (QED) is 0.419. The van der Waals surface area contributed by atoms with Gasteiger partial charge in [-0.25, -0.2) is 23.1 Å². The molecule has 0 spiro atoms. The summed E-state index contributed by atoms with van der Waals surface area (Å²) in [5.74, 6) is -1.62. The Morgan fingerprint density at radius 3 is 2.55 bits per heavy atom. The number of thioether (sulfide) groups is 1. The van der Waals surface area contributed by atoms with Gasteiger partial charge in [-0.15, -0.1) is 0 Å². The zero-order chi connectivity index (χ0) is 21.4. The second kappa shape index (κ2) is 10.5. The van der Waals surface area contributed by atoms with Crippen LogP contribution in [-0.4, -0.2) is 16.2 Å². The van der Waals surface area contributed by atoms with Crippen LogP contribution in [0.15, 0.2) is 42.6 Å². The van der Waals surface area contributed by atoms with Gasteiger partial charge in [0.2, 0.25) is 5.95 Å². The minimum absolute atomic E-state index is 0.0718. The van der Waals surface area contributed by atoms with Gasteiger partial charge in [-0.3, -0.25) is 0 Å². The van der Waals surface area contributed by atoms with Crippen LogP contribution in [0.5, 0.6) is 0 Å². The Kier molecular flexibility index (Phi) is 8.12. The van der Waals surface area contributed by atoms with Crippen molar-refractivity contribution in [2.24, 2.45) is 5.73 Å². The first-order valence-corrected chi connectivity index (χ1v) is 9.78. The molecular formula is C19H15ClF3N5S. The number of nitriles is 1. The van der Waals surface area contributed by atoms with Crippen molar-refractivity contribution in [2.75, 3.05) is 11.6 Å². The van der Waals surface area contributed by atoms with Gasteiger partial charge in [0.25, 0.3) is 0 Å². The van der Waals surface area contributed by atoms with Gasteiger partial charge in [-0.1, -0.05) is 11.6 Å². The molecule has 29 heavy (non-hydrogen) atoms. The third-order valence-corrected chi connectivity index (χ3v) is 4.30. The van der Waals surface area contributed by atoms with Crippen LogP contribution < -0.4 is 11.1 Å². The molecule has 3 N–H and O–H groups in total. The predicted molar refractivity (Wildman–Crippen MR) is 109 cm³/mol. The van der Waals surface area contributed by atoms with Crippen molar-refractivity contribution < 1.29 is 13.2 Å². The highest BCUT2D eigenvalue weighted by Gasteiger charge is 2.15. The van der Waals surface area contributed by atoms with Gasteiger partial charge in [0.1, 0.15) is 17.3 Å². The van der Waals surface area contributed by atoms with Gasteiger partial charge >= 0.3 is 0 Å². The van der Waals surface area contributed by atoms with E-state index in [9.17, 15) is 13.2 Å². The summed E-state index contributed by atoms with van der Waals surface area (Å²) in [5.41, 5.74) is 5.37. The van der Waals surface area contributed by atoms with E-state index in [0.717, 1.165) is 29.6 Å². The molecule has 0 fully saturated rings. The van der Waals surface area contributed by atoms with Crippen molar-refractivity contribution in [2.45, 2.75) is 5.75 Å². The highest BCUT2D eigenvalue weighted by molar-refractivity contribution is 7.97.